The van der Waals surface area contributed by atoms with Gasteiger partial charge in [0.25, 0.3) is 0 Å². The number of aryl methyl sites for hydroxylation is 1. The lowest BCUT2D eigenvalue weighted by atomic mass is 9.97. The lowest BCUT2D eigenvalue weighted by Crippen LogP contribution is -2.12. The summed E-state index contributed by atoms with van der Waals surface area (Å²) in [5, 5.41) is 3.18. The second-order valence-corrected chi connectivity index (χ2v) is 4.63. The lowest BCUT2D eigenvalue weighted by molar-refractivity contribution is 0.369. The van der Waals surface area contributed by atoms with Gasteiger partial charge in [0.05, 0.1) is 11.7 Å². The number of fused-ring (bicyclic) bond motifs is 1. The molecule has 0 aliphatic carbocycles. The van der Waals surface area contributed by atoms with Crippen LogP contribution >= 0.6 is 12.2 Å². The van der Waals surface area contributed by atoms with Crippen LogP contribution < -0.4 is 5.32 Å². The Hall–Kier alpha value is -0.960. The Bertz CT molecular complexity index is 389. The molecule has 1 aromatic carbocycles. The van der Waals surface area contributed by atoms with Crippen molar-refractivity contribution in [3.05, 3.63) is 29.3 Å². The third-order valence-electron chi connectivity index (χ3n) is 2.74. The first-order valence-corrected chi connectivity index (χ1v) is 5.55. The van der Waals surface area contributed by atoms with Crippen LogP contribution in [0.1, 0.15) is 17.5 Å². The van der Waals surface area contributed by atoms with E-state index in [1.165, 1.54) is 11.1 Å². The number of nitrogens with one attached hydrogen (secondary N) is 1. The van der Waals surface area contributed by atoms with Gasteiger partial charge in [0.15, 0.2) is 0 Å². The molecule has 0 amide bonds. The number of alkyl halides is 1. The van der Waals surface area contributed by atoms with Gasteiger partial charge < -0.3 is 5.32 Å². The van der Waals surface area contributed by atoms with E-state index < -0.39 is 0 Å². The molecule has 0 saturated carbocycles. The highest BCUT2D eigenvalue weighted by atomic mass is 32.1. The molecule has 0 bridgehead atoms. The zero-order valence-electron chi connectivity index (χ0n) is 8.72. The highest BCUT2D eigenvalue weighted by molar-refractivity contribution is 7.80. The maximum Gasteiger partial charge on any atom is 0.0929 e. The fraction of sp³-hybridized carbons (Fsp3) is 0.417. The molecule has 3 heteroatoms. The van der Waals surface area contributed by atoms with Crippen LogP contribution in [0, 0.1) is 12.8 Å². The second-order valence-electron chi connectivity index (χ2n) is 4.14. The zero-order valence-corrected chi connectivity index (χ0v) is 9.53. The minimum Gasteiger partial charge on any atom is -0.350 e. The number of thiocarbonyl (C=S) groups is 1. The van der Waals surface area contributed by atoms with E-state index in [1.807, 2.05) is 19.1 Å². The molecule has 1 aromatic rings. The van der Waals surface area contributed by atoms with Gasteiger partial charge in [0.1, 0.15) is 0 Å². The summed E-state index contributed by atoms with van der Waals surface area (Å²) in [7, 11) is 0. The predicted octanol–water partition coefficient (Wildman–Crippen LogP) is 3.27. The smallest absolute Gasteiger partial charge is 0.0929 e. The van der Waals surface area contributed by atoms with Gasteiger partial charge in [-0.2, -0.15) is 0 Å². The number of hydrogen-bond acceptors (Lipinski definition) is 1. The molecule has 1 unspecified atom stereocenters. The maximum absolute atomic E-state index is 12.7. The van der Waals surface area contributed by atoms with E-state index in [1.54, 1.807) is 0 Å². The third kappa shape index (κ3) is 2.34. The Balaban J connectivity index is 2.36. The topological polar surface area (TPSA) is 12.0 Å². The largest absolute Gasteiger partial charge is 0.350 e. The van der Waals surface area contributed by atoms with E-state index in [0.29, 0.717) is 6.42 Å². The van der Waals surface area contributed by atoms with Crippen molar-refractivity contribution >= 4 is 22.9 Å². The van der Waals surface area contributed by atoms with Gasteiger partial charge in [0, 0.05) is 12.1 Å². The average Bonchev–Trinajstić information content (AvgIpc) is 2.35. The predicted molar refractivity (Wildman–Crippen MR) is 65.2 cm³/mol. The summed E-state index contributed by atoms with van der Waals surface area (Å²) < 4.78 is 12.7. The van der Waals surface area contributed by atoms with Crippen LogP contribution in [0.4, 0.5) is 10.1 Å². The van der Waals surface area contributed by atoms with Gasteiger partial charge in [0.2, 0.25) is 0 Å². The number of hydrogen-bond donors (Lipinski definition) is 1. The van der Waals surface area contributed by atoms with Crippen molar-refractivity contribution in [1.82, 2.24) is 0 Å². The molecule has 1 aliphatic rings. The summed E-state index contributed by atoms with van der Waals surface area (Å²) in [5.41, 5.74) is 3.43. The third-order valence-corrected chi connectivity index (χ3v) is 3.00. The minimum atomic E-state index is -0.296. The van der Waals surface area contributed by atoms with Crippen LogP contribution in [0.25, 0.3) is 0 Å². The van der Waals surface area contributed by atoms with E-state index in [4.69, 9.17) is 12.2 Å². The number of benzene rings is 1. The molecule has 1 aliphatic heterocycles. The summed E-state index contributed by atoms with van der Waals surface area (Å²) in [4.78, 5) is 0.750. The van der Waals surface area contributed by atoms with Gasteiger partial charge in [-0.15, -0.1) is 0 Å². The first-order chi connectivity index (χ1) is 7.19. The van der Waals surface area contributed by atoms with Crippen LogP contribution in [0.3, 0.4) is 0 Å². The molecule has 1 heterocycles. The van der Waals surface area contributed by atoms with E-state index in [9.17, 15) is 4.39 Å². The van der Waals surface area contributed by atoms with E-state index in [2.05, 4.69) is 11.4 Å². The van der Waals surface area contributed by atoms with Crippen molar-refractivity contribution in [2.45, 2.75) is 19.8 Å². The summed E-state index contributed by atoms with van der Waals surface area (Å²) in [6.07, 6.45) is 1.43. The van der Waals surface area contributed by atoms with Crippen molar-refractivity contribution in [2.75, 3.05) is 12.0 Å². The zero-order chi connectivity index (χ0) is 10.8. The highest BCUT2D eigenvalue weighted by Crippen LogP contribution is 2.26. The van der Waals surface area contributed by atoms with E-state index >= 15 is 0 Å². The van der Waals surface area contributed by atoms with Crippen molar-refractivity contribution in [1.29, 1.82) is 0 Å². The summed E-state index contributed by atoms with van der Waals surface area (Å²) in [6.45, 7) is 1.75. The fourth-order valence-electron chi connectivity index (χ4n) is 1.97. The minimum absolute atomic E-state index is 0.0352. The molecule has 0 spiro atoms. The molecular formula is C12H14FNS. The number of rotatable bonds is 1. The van der Waals surface area contributed by atoms with Crippen LogP contribution in [0.15, 0.2) is 18.2 Å². The quantitative estimate of drug-likeness (QED) is 0.733. The SMILES string of the molecule is Cc1ccc2c(c1)CC(CF)CC(=S)N2. The first-order valence-electron chi connectivity index (χ1n) is 5.14. The van der Waals surface area contributed by atoms with Crippen molar-refractivity contribution in [3.63, 3.8) is 0 Å². The van der Waals surface area contributed by atoms with Gasteiger partial charge in [-0.25, -0.2) is 0 Å². The van der Waals surface area contributed by atoms with Crippen molar-refractivity contribution in [2.24, 2.45) is 5.92 Å². The van der Waals surface area contributed by atoms with Crippen molar-refractivity contribution < 1.29 is 4.39 Å². The molecule has 2 rings (SSSR count). The Kier molecular flexibility index (Phi) is 3.00. The molecule has 15 heavy (non-hydrogen) atoms. The molecule has 1 nitrogen and oxygen atoms in total. The van der Waals surface area contributed by atoms with Crippen LogP contribution in [0.2, 0.25) is 0 Å². The second kappa shape index (κ2) is 4.27. The standard InChI is InChI=1S/C12H14FNS/c1-8-2-3-11-10(4-8)5-9(7-13)6-12(15)14-11/h2-4,9H,5-7H2,1H3,(H,14,15). The Morgan fingerprint density at radius 1 is 1.47 bits per heavy atom. The molecule has 1 atom stereocenters. The molecular weight excluding hydrogens is 209 g/mol. The summed E-state index contributed by atoms with van der Waals surface area (Å²) in [6, 6.07) is 6.18. The monoisotopic (exact) mass is 223 g/mol. The normalized spacial score (nSPS) is 20.4. The van der Waals surface area contributed by atoms with Gasteiger partial charge >= 0.3 is 0 Å². The molecule has 0 radical (unpaired) electrons. The average molecular weight is 223 g/mol. The Labute approximate surface area is 94.7 Å². The van der Waals surface area contributed by atoms with Gasteiger partial charge in [-0.1, -0.05) is 29.9 Å². The molecule has 0 aromatic heterocycles. The van der Waals surface area contributed by atoms with Crippen molar-refractivity contribution in [3.8, 4) is 0 Å². The number of anilines is 1. The molecule has 1 N–H and O–H groups in total. The summed E-state index contributed by atoms with van der Waals surface area (Å²) >= 11 is 5.17. The van der Waals surface area contributed by atoms with Crippen LogP contribution in [-0.2, 0) is 6.42 Å². The maximum atomic E-state index is 12.7. The van der Waals surface area contributed by atoms with E-state index in [-0.39, 0.29) is 12.6 Å². The first kappa shape index (κ1) is 10.6. The number of halogens is 1. The lowest BCUT2D eigenvalue weighted by Gasteiger charge is -2.09. The molecule has 80 valence electrons. The Morgan fingerprint density at radius 3 is 3.00 bits per heavy atom. The highest BCUT2D eigenvalue weighted by Gasteiger charge is 2.19. The summed E-state index contributed by atoms with van der Waals surface area (Å²) in [5.74, 6) is 0.0352. The van der Waals surface area contributed by atoms with Gasteiger partial charge in [-0.05, 0) is 30.9 Å². The fourth-order valence-corrected chi connectivity index (χ4v) is 2.31. The van der Waals surface area contributed by atoms with E-state index in [0.717, 1.165) is 17.1 Å². The van der Waals surface area contributed by atoms with Gasteiger partial charge in [-0.3, -0.25) is 4.39 Å². The Morgan fingerprint density at radius 2 is 2.27 bits per heavy atom. The van der Waals surface area contributed by atoms with Crippen LogP contribution in [0.5, 0.6) is 0 Å². The van der Waals surface area contributed by atoms with Crippen LogP contribution in [-0.4, -0.2) is 11.7 Å². The molecule has 0 saturated heterocycles. The molecule has 0 fully saturated rings.